The molecule has 7 rings (SSSR count). The molecule has 188 valence electrons. The highest BCUT2D eigenvalue weighted by Crippen LogP contribution is 2.69. The lowest BCUT2D eigenvalue weighted by Gasteiger charge is -2.53. The molecule has 0 aliphatic heterocycles. The highest BCUT2D eigenvalue weighted by atomic mass is 16.3. The van der Waals surface area contributed by atoms with Crippen LogP contribution in [0.2, 0.25) is 0 Å². The number of aliphatic hydroxyl groups excluding tert-OH is 2. The van der Waals surface area contributed by atoms with Crippen LogP contribution in [0.3, 0.4) is 0 Å². The van der Waals surface area contributed by atoms with Crippen molar-refractivity contribution in [2.45, 2.75) is 23.7 Å². The summed E-state index contributed by atoms with van der Waals surface area (Å²) in [7, 11) is 0. The van der Waals surface area contributed by atoms with Gasteiger partial charge in [-0.25, -0.2) is 0 Å². The summed E-state index contributed by atoms with van der Waals surface area (Å²) in [5.41, 5.74) is 12.0. The minimum absolute atomic E-state index is 0.0304. The fraction of sp³-hybridized carbons (Fsp3) is 0.235. The van der Waals surface area contributed by atoms with Gasteiger partial charge in [0.15, 0.2) is 0 Å². The Kier molecular flexibility index (Phi) is 5.80. The maximum atomic E-state index is 9.65. The number of benzene rings is 4. The number of fused-ring (bicyclic) bond motifs is 12. The molecule has 38 heavy (non-hydrogen) atoms. The van der Waals surface area contributed by atoms with E-state index in [0.717, 1.165) is 11.4 Å². The monoisotopic (exact) mass is 498 g/mol. The van der Waals surface area contributed by atoms with Crippen LogP contribution in [0.5, 0.6) is 0 Å². The van der Waals surface area contributed by atoms with E-state index < -0.39 is 0 Å². The summed E-state index contributed by atoms with van der Waals surface area (Å²) in [6.07, 6.45) is 0. The van der Waals surface area contributed by atoms with Crippen LogP contribution in [0, 0.1) is 0 Å². The number of aliphatic imine (C=N–C) groups is 2. The SMILES string of the molecule is OCCN=C1c2ccccc2C2C(c3ccccc31)C1c3ccccc3C(=NCCO)c3ccccc3C21. The van der Waals surface area contributed by atoms with Gasteiger partial charge in [0, 0.05) is 22.3 Å². The average molecular weight is 499 g/mol. The van der Waals surface area contributed by atoms with Crippen LogP contribution in [0.4, 0.5) is 0 Å². The third kappa shape index (κ3) is 3.37. The van der Waals surface area contributed by atoms with Crippen LogP contribution in [0.1, 0.15) is 68.2 Å². The molecule has 0 aromatic heterocycles. The minimum Gasteiger partial charge on any atom is -0.394 e. The van der Waals surface area contributed by atoms with Crippen molar-refractivity contribution < 1.29 is 10.2 Å². The summed E-state index contributed by atoms with van der Waals surface area (Å²) in [6, 6.07) is 34.9. The van der Waals surface area contributed by atoms with Crippen molar-refractivity contribution in [1.29, 1.82) is 0 Å². The third-order valence-electron chi connectivity index (χ3n) is 8.59. The fourth-order valence-corrected chi connectivity index (χ4v) is 7.26. The summed E-state index contributed by atoms with van der Waals surface area (Å²) in [5, 5.41) is 19.3. The lowest BCUT2D eigenvalue weighted by atomic mass is 9.49. The summed E-state index contributed by atoms with van der Waals surface area (Å²) >= 11 is 0. The van der Waals surface area contributed by atoms with Crippen molar-refractivity contribution in [3.05, 3.63) is 142 Å². The molecule has 4 nitrogen and oxygen atoms in total. The highest BCUT2D eigenvalue weighted by Gasteiger charge is 2.57. The van der Waals surface area contributed by atoms with E-state index in [4.69, 9.17) is 9.98 Å². The predicted octanol–water partition coefficient (Wildman–Crippen LogP) is 5.42. The van der Waals surface area contributed by atoms with Gasteiger partial charge in [-0.05, 0) is 45.9 Å². The molecule has 4 aromatic carbocycles. The molecular formula is C34H30N2O2. The zero-order chi connectivity index (χ0) is 25.6. The molecule has 0 amide bonds. The molecule has 0 atom stereocenters. The first-order valence-corrected chi connectivity index (χ1v) is 13.5. The Balaban J connectivity index is 1.54. The Morgan fingerprint density at radius 2 is 0.684 bits per heavy atom. The molecule has 2 N–H and O–H groups in total. The average Bonchev–Trinajstić information content (AvgIpc) is 3.11. The van der Waals surface area contributed by atoms with E-state index >= 15 is 0 Å². The second-order valence-corrected chi connectivity index (χ2v) is 10.4. The van der Waals surface area contributed by atoms with Crippen molar-refractivity contribution in [2.24, 2.45) is 9.98 Å². The number of nitrogens with zero attached hydrogens (tertiary/aromatic N) is 2. The van der Waals surface area contributed by atoms with E-state index in [0.29, 0.717) is 13.1 Å². The molecule has 4 aromatic rings. The van der Waals surface area contributed by atoms with E-state index in [1.807, 2.05) is 0 Å². The molecule has 4 heteroatoms. The number of rotatable bonds is 4. The summed E-state index contributed by atoms with van der Waals surface area (Å²) < 4.78 is 0. The third-order valence-corrected chi connectivity index (χ3v) is 8.59. The molecule has 3 aliphatic rings. The maximum Gasteiger partial charge on any atom is 0.0725 e. The van der Waals surface area contributed by atoms with Crippen molar-refractivity contribution in [3.8, 4) is 0 Å². The Hall–Kier alpha value is -3.86. The molecule has 0 bridgehead atoms. The summed E-state index contributed by atoms with van der Waals surface area (Å²) in [5.74, 6) is 1.13. The van der Waals surface area contributed by atoms with Crippen molar-refractivity contribution in [3.63, 3.8) is 0 Å². The standard InChI is InChI=1S/C34H30N2O2/c37-19-17-35-33-25-13-5-1-9-21(25)29-30(22-10-2-6-14-26(22)33)32-24-12-4-8-16-28(24)34(36-18-20-38)27-15-7-3-11-23(27)31(29)32/h1-16,29-32,37-38H,17-20H2. The van der Waals surface area contributed by atoms with Gasteiger partial charge in [0.1, 0.15) is 0 Å². The molecule has 1 saturated carbocycles. The Bertz CT molecular complexity index is 1350. The van der Waals surface area contributed by atoms with Crippen LogP contribution in [-0.4, -0.2) is 47.9 Å². The smallest absolute Gasteiger partial charge is 0.0725 e. The van der Waals surface area contributed by atoms with Crippen LogP contribution >= 0.6 is 0 Å². The van der Waals surface area contributed by atoms with Crippen LogP contribution < -0.4 is 0 Å². The van der Waals surface area contributed by atoms with Gasteiger partial charge in [-0.15, -0.1) is 0 Å². The van der Waals surface area contributed by atoms with Crippen LogP contribution in [0.25, 0.3) is 0 Å². The number of aliphatic hydroxyl groups is 2. The van der Waals surface area contributed by atoms with Crippen LogP contribution in [0.15, 0.2) is 107 Å². The van der Waals surface area contributed by atoms with Gasteiger partial charge < -0.3 is 10.2 Å². The van der Waals surface area contributed by atoms with E-state index in [1.54, 1.807) is 0 Å². The number of hydrogen-bond donors (Lipinski definition) is 2. The molecule has 0 unspecified atom stereocenters. The van der Waals surface area contributed by atoms with Gasteiger partial charge in [0.05, 0.1) is 37.7 Å². The second kappa shape index (κ2) is 9.46. The Labute approximate surface area is 223 Å². The van der Waals surface area contributed by atoms with Gasteiger partial charge in [-0.3, -0.25) is 9.98 Å². The molecule has 0 heterocycles. The van der Waals surface area contributed by atoms with E-state index in [-0.39, 0.29) is 36.9 Å². The van der Waals surface area contributed by atoms with Gasteiger partial charge >= 0.3 is 0 Å². The summed E-state index contributed by atoms with van der Waals surface area (Å²) in [6.45, 7) is 0.832. The van der Waals surface area contributed by atoms with Gasteiger partial charge in [-0.2, -0.15) is 0 Å². The lowest BCUT2D eigenvalue weighted by molar-refractivity contribution is 0.230. The molecule has 3 aliphatic carbocycles. The first kappa shape index (κ1) is 23.3. The Morgan fingerprint density at radius 3 is 0.947 bits per heavy atom. The normalized spacial score (nSPS) is 22.3. The lowest BCUT2D eigenvalue weighted by Crippen LogP contribution is -2.40. The Morgan fingerprint density at radius 1 is 0.421 bits per heavy atom. The van der Waals surface area contributed by atoms with Crippen molar-refractivity contribution in [2.75, 3.05) is 26.3 Å². The molecule has 0 radical (unpaired) electrons. The highest BCUT2D eigenvalue weighted by molar-refractivity contribution is 6.17. The molecule has 0 saturated heterocycles. The van der Waals surface area contributed by atoms with Gasteiger partial charge in [0.2, 0.25) is 0 Å². The fourth-order valence-electron chi connectivity index (χ4n) is 7.26. The molecular weight excluding hydrogens is 468 g/mol. The van der Waals surface area contributed by atoms with Crippen molar-refractivity contribution >= 4 is 11.4 Å². The first-order valence-electron chi connectivity index (χ1n) is 13.5. The second-order valence-electron chi connectivity index (χ2n) is 10.4. The van der Waals surface area contributed by atoms with E-state index in [9.17, 15) is 10.2 Å². The topological polar surface area (TPSA) is 65.2 Å². The number of hydrogen-bond acceptors (Lipinski definition) is 4. The van der Waals surface area contributed by atoms with Crippen LogP contribution in [-0.2, 0) is 0 Å². The zero-order valence-corrected chi connectivity index (χ0v) is 21.2. The van der Waals surface area contributed by atoms with Crippen molar-refractivity contribution in [1.82, 2.24) is 0 Å². The summed E-state index contributed by atoms with van der Waals surface area (Å²) in [4.78, 5) is 9.87. The quantitative estimate of drug-likeness (QED) is 0.395. The predicted molar refractivity (Wildman–Crippen MR) is 152 cm³/mol. The zero-order valence-electron chi connectivity index (χ0n) is 21.2. The largest absolute Gasteiger partial charge is 0.394 e. The van der Waals surface area contributed by atoms with E-state index in [2.05, 4.69) is 97.1 Å². The minimum atomic E-state index is 0.0304. The maximum absolute atomic E-state index is 9.65. The first-order chi connectivity index (χ1) is 18.8. The molecule has 1 fully saturated rings. The van der Waals surface area contributed by atoms with Gasteiger partial charge in [-0.1, -0.05) is 97.1 Å². The van der Waals surface area contributed by atoms with E-state index in [1.165, 1.54) is 44.5 Å². The molecule has 0 spiro atoms. The van der Waals surface area contributed by atoms with Gasteiger partial charge in [0.25, 0.3) is 0 Å².